The van der Waals surface area contributed by atoms with Gasteiger partial charge in [0.05, 0.1) is 24.4 Å². The third-order valence-corrected chi connectivity index (χ3v) is 4.81. The Hall–Kier alpha value is -2.54. The number of benzene rings is 2. The predicted octanol–water partition coefficient (Wildman–Crippen LogP) is 3.78. The summed E-state index contributed by atoms with van der Waals surface area (Å²) in [6.07, 6.45) is 1.26. The largest absolute Gasteiger partial charge is 0.459 e. The van der Waals surface area contributed by atoms with Crippen molar-refractivity contribution in [2.75, 3.05) is 27.4 Å². The van der Waals surface area contributed by atoms with Gasteiger partial charge in [-0.05, 0) is 26.0 Å². The standard InChI is InChI=1S/C16H22O5.C8H8O/c1-11-4-6-12(7-5-11)16(17)20-10-15-14(19-3)8-13(21-15)9-18-2;1-7-2-4-8(6-9)5-3-7/h4-7,13-15H,8-10H2,1-3H3;2-6H,1H3/t13-,14-,15?;/m1./s1. The van der Waals surface area contributed by atoms with Gasteiger partial charge in [-0.25, -0.2) is 4.79 Å². The minimum atomic E-state index is -0.344. The second kappa shape index (κ2) is 12.2. The first-order chi connectivity index (χ1) is 14.5. The molecule has 2 aromatic rings. The average molecular weight is 414 g/mol. The van der Waals surface area contributed by atoms with E-state index in [2.05, 4.69) is 0 Å². The van der Waals surface area contributed by atoms with E-state index in [0.717, 1.165) is 23.8 Å². The summed E-state index contributed by atoms with van der Waals surface area (Å²) in [5, 5.41) is 0. The lowest BCUT2D eigenvalue weighted by molar-refractivity contribution is -0.0555. The van der Waals surface area contributed by atoms with Crippen LogP contribution in [0.2, 0.25) is 0 Å². The molecule has 0 radical (unpaired) electrons. The minimum absolute atomic E-state index is 0.0111. The summed E-state index contributed by atoms with van der Waals surface area (Å²) in [6, 6.07) is 14.7. The molecule has 0 spiro atoms. The fraction of sp³-hybridized carbons (Fsp3) is 0.417. The topological polar surface area (TPSA) is 71.1 Å². The van der Waals surface area contributed by atoms with Crippen LogP contribution in [0, 0.1) is 13.8 Å². The lowest BCUT2D eigenvalue weighted by Crippen LogP contribution is -2.29. The highest BCUT2D eigenvalue weighted by atomic mass is 16.6. The second-order valence-electron chi connectivity index (χ2n) is 7.25. The first-order valence-electron chi connectivity index (χ1n) is 9.89. The molecular weight excluding hydrogens is 384 g/mol. The van der Waals surface area contributed by atoms with Gasteiger partial charge in [-0.3, -0.25) is 4.79 Å². The van der Waals surface area contributed by atoms with Crippen LogP contribution in [-0.2, 0) is 18.9 Å². The van der Waals surface area contributed by atoms with Gasteiger partial charge in [0.2, 0.25) is 0 Å². The van der Waals surface area contributed by atoms with Gasteiger partial charge >= 0.3 is 5.97 Å². The second-order valence-corrected chi connectivity index (χ2v) is 7.25. The highest BCUT2D eigenvalue weighted by molar-refractivity contribution is 5.89. The van der Waals surface area contributed by atoms with E-state index >= 15 is 0 Å². The molecular formula is C24H30O6. The Kier molecular flexibility index (Phi) is 9.67. The summed E-state index contributed by atoms with van der Waals surface area (Å²) in [6.45, 7) is 4.67. The quantitative estimate of drug-likeness (QED) is 0.507. The number of esters is 1. The summed E-state index contributed by atoms with van der Waals surface area (Å²) >= 11 is 0. The van der Waals surface area contributed by atoms with Gasteiger partial charge in [-0.2, -0.15) is 0 Å². The lowest BCUT2D eigenvalue weighted by Gasteiger charge is -2.17. The van der Waals surface area contributed by atoms with E-state index in [1.165, 1.54) is 5.56 Å². The number of carbonyl (C=O) groups is 2. The van der Waals surface area contributed by atoms with E-state index in [1.807, 2.05) is 50.2 Å². The van der Waals surface area contributed by atoms with E-state index in [9.17, 15) is 9.59 Å². The van der Waals surface area contributed by atoms with Crippen molar-refractivity contribution in [1.82, 2.24) is 0 Å². The van der Waals surface area contributed by atoms with Crippen molar-refractivity contribution in [2.45, 2.75) is 38.6 Å². The third kappa shape index (κ3) is 7.37. The number of hydrogen-bond donors (Lipinski definition) is 0. The number of rotatable bonds is 7. The van der Waals surface area contributed by atoms with Gasteiger partial charge in [0.1, 0.15) is 19.0 Å². The van der Waals surface area contributed by atoms with Crippen molar-refractivity contribution < 1.29 is 28.5 Å². The van der Waals surface area contributed by atoms with Crippen LogP contribution < -0.4 is 0 Å². The fourth-order valence-electron chi connectivity index (χ4n) is 3.06. The monoisotopic (exact) mass is 414 g/mol. The Bertz CT molecular complexity index is 784. The van der Waals surface area contributed by atoms with Crippen LogP contribution in [0.15, 0.2) is 48.5 Å². The first kappa shape index (κ1) is 23.7. The van der Waals surface area contributed by atoms with Crippen molar-refractivity contribution >= 4 is 12.3 Å². The Labute approximate surface area is 178 Å². The van der Waals surface area contributed by atoms with E-state index in [4.69, 9.17) is 18.9 Å². The minimum Gasteiger partial charge on any atom is -0.459 e. The molecule has 1 unspecified atom stereocenters. The Morgan fingerprint density at radius 2 is 1.60 bits per heavy atom. The molecule has 0 aromatic heterocycles. The fourth-order valence-corrected chi connectivity index (χ4v) is 3.06. The van der Waals surface area contributed by atoms with Crippen molar-refractivity contribution in [3.05, 3.63) is 70.8 Å². The zero-order valence-corrected chi connectivity index (χ0v) is 18.0. The van der Waals surface area contributed by atoms with Gasteiger partial charge in [-0.15, -0.1) is 0 Å². The molecule has 1 heterocycles. The van der Waals surface area contributed by atoms with Gasteiger partial charge < -0.3 is 18.9 Å². The van der Waals surface area contributed by atoms with Crippen LogP contribution in [0.1, 0.15) is 38.3 Å². The molecule has 1 fully saturated rings. The Balaban J connectivity index is 0.000000297. The van der Waals surface area contributed by atoms with Crippen LogP contribution >= 0.6 is 0 Å². The Morgan fingerprint density at radius 3 is 2.13 bits per heavy atom. The average Bonchev–Trinajstić information content (AvgIpc) is 3.15. The smallest absolute Gasteiger partial charge is 0.338 e. The zero-order valence-electron chi connectivity index (χ0n) is 18.0. The summed E-state index contributed by atoms with van der Waals surface area (Å²) < 4.78 is 21.6. The molecule has 1 aliphatic heterocycles. The molecule has 1 aliphatic rings. The maximum atomic E-state index is 12.0. The van der Waals surface area contributed by atoms with Gasteiger partial charge in [-0.1, -0.05) is 47.5 Å². The van der Waals surface area contributed by atoms with Gasteiger partial charge in [0.15, 0.2) is 0 Å². The van der Waals surface area contributed by atoms with Crippen molar-refractivity contribution in [1.29, 1.82) is 0 Å². The zero-order chi connectivity index (χ0) is 21.9. The van der Waals surface area contributed by atoms with Gasteiger partial charge in [0, 0.05) is 26.2 Å². The molecule has 2 aromatic carbocycles. The summed E-state index contributed by atoms with van der Waals surface area (Å²) in [7, 11) is 3.27. The molecule has 0 aliphatic carbocycles. The number of carbonyl (C=O) groups excluding carboxylic acids is 2. The molecule has 6 nitrogen and oxygen atoms in total. The molecule has 0 amide bonds. The van der Waals surface area contributed by atoms with Crippen LogP contribution in [0.25, 0.3) is 0 Å². The third-order valence-electron chi connectivity index (χ3n) is 4.81. The van der Waals surface area contributed by atoms with Gasteiger partial charge in [0.25, 0.3) is 0 Å². The molecule has 0 N–H and O–H groups in total. The lowest BCUT2D eigenvalue weighted by atomic mass is 10.1. The molecule has 162 valence electrons. The summed E-state index contributed by atoms with van der Waals surface area (Å²) in [5.74, 6) is -0.344. The Morgan fingerprint density at radius 1 is 1.00 bits per heavy atom. The summed E-state index contributed by atoms with van der Waals surface area (Å²) in [5.41, 5.74) is 3.56. The van der Waals surface area contributed by atoms with E-state index < -0.39 is 0 Å². The summed E-state index contributed by atoms with van der Waals surface area (Å²) in [4.78, 5) is 22.1. The first-order valence-corrected chi connectivity index (χ1v) is 9.89. The highest BCUT2D eigenvalue weighted by Gasteiger charge is 2.36. The van der Waals surface area contributed by atoms with Crippen LogP contribution in [0.5, 0.6) is 0 Å². The van der Waals surface area contributed by atoms with E-state index in [0.29, 0.717) is 12.2 Å². The van der Waals surface area contributed by atoms with Crippen molar-refractivity contribution in [3.8, 4) is 0 Å². The number of aldehydes is 1. The predicted molar refractivity (Wildman–Crippen MR) is 114 cm³/mol. The number of methoxy groups -OCH3 is 2. The van der Waals surface area contributed by atoms with Crippen LogP contribution in [0.3, 0.4) is 0 Å². The highest BCUT2D eigenvalue weighted by Crippen LogP contribution is 2.23. The molecule has 3 atom stereocenters. The van der Waals surface area contributed by atoms with E-state index in [-0.39, 0.29) is 30.9 Å². The molecule has 0 saturated carbocycles. The molecule has 0 bridgehead atoms. The number of hydrogen-bond acceptors (Lipinski definition) is 6. The number of ether oxygens (including phenoxy) is 4. The SMILES string of the molecule is COC[C@H]1C[C@@H](OC)C(COC(=O)c2ccc(C)cc2)O1.Cc1ccc(C=O)cc1. The normalized spacial score (nSPS) is 20.2. The molecule has 6 heteroatoms. The number of aryl methyl sites for hydroxylation is 2. The molecule has 1 saturated heterocycles. The van der Waals surface area contributed by atoms with Crippen molar-refractivity contribution in [2.24, 2.45) is 0 Å². The van der Waals surface area contributed by atoms with Crippen LogP contribution in [0.4, 0.5) is 0 Å². The van der Waals surface area contributed by atoms with E-state index in [1.54, 1.807) is 26.4 Å². The van der Waals surface area contributed by atoms with Crippen molar-refractivity contribution in [3.63, 3.8) is 0 Å². The molecule has 3 rings (SSSR count). The van der Waals surface area contributed by atoms with Crippen LogP contribution in [-0.4, -0.2) is 58.0 Å². The maximum absolute atomic E-state index is 12.0. The molecule has 30 heavy (non-hydrogen) atoms. The maximum Gasteiger partial charge on any atom is 0.338 e.